The second-order valence-corrected chi connectivity index (χ2v) is 9.82. The minimum absolute atomic E-state index is 0.0501. The Bertz CT molecular complexity index is 889. The molecule has 0 spiro atoms. The van der Waals surface area contributed by atoms with Crippen molar-refractivity contribution in [3.8, 4) is 0 Å². The summed E-state index contributed by atoms with van der Waals surface area (Å²) in [6.07, 6.45) is 0.710. The van der Waals surface area contributed by atoms with E-state index in [2.05, 4.69) is 9.71 Å². The van der Waals surface area contributed by atoms with E-state index in [0.717, 1.165) is 16.9 Å². The molecule has 140 valence electrons. The topological polar surface area (TPSA) is 82.1 Å². The van der Waals surface area contributed by atoms with E-state index >= 15 is 0 Å². The number of thioether (sulfide) groups is 1. The van der Waals surface area contributed by atoms with E-state index in [1.165, 1.54) is 11.8 Å². The quantitative estimate of drug-likeness (QED) is 0.600. The molecule has 4 rings (SSSR count). The number of anilines is 1. The average Bonchev–Trinajstić information content (AvgIpc) is 3.13. The lowest BCUT2D eigenvalue weighted by Crippen LogP contribution is -2.44. The number of hydrogen-bond donors (Lipinski definition) is 1. The van der Waals surface area contributed by atoms with Gasteiger partial charge in [0, 0.05) is 38.0 Å². The van der Waals surface area contributed by atoms with E-state index in [9.17, 15) is 13.2 Å². The van der Waals surface area contributed by atoms with E-state index in [1.54, 1.807) is 22.8 Å². The maximum absolute atomic E-state index is 12.9. The maximum Gasteiger partial charge on any atom is 0.257 e. The van der Waals surface area contributed by atoms with Crippen LogP contribution in [0.15, 0.2) is 23.2 Å². The molecule has 2 unspecified atom stereocenters. The number of alkyl halides is 1. The average molecular weight is 415 g/mol. The molecule has 7 nitrogen and oxygen atoms in total. The van der Waals surface area contributed by atoms with Gasteiger partial charge in [-0.1, -0.05) is 29.4 Å². The number of halogens is 1. The van der Waals surface area contributed by atoms with Crippen LogP contribution in [-0.2, 0) is 27.8 Å². The van der Waals surface area contributed by atoms with E-state index in [1.807, 2.05) is 12.1 Å². The zero-order valence-corrected chi connectivity index (χ0v) is 16.6. The molecule has 1 aromatic carbocycles. The predicted molar refractivity (Wildman–Crippen MR) is 104 cm³/mol. The molecule has 0 aromatic heterocycles. The van der Waals surface area contributed by atoms with Gasteiger partial charge in [-0.05, 0) is 29.7 Å². The SMILES string of the molecule is CC(=O)N1CCc2cc(NS(=O)(=O)C3C(Cl)N=C4SCCN43)ccc2C1. The van der Waals surface area contributed by atoms with Crippen LogP contribution in [0.1, 0.15) is 18.1 Å². The summed E-state index contributed by atoms with van der Waals surface area (Å²) in [5.74, 6) is 0.869. The molecule has 3 aliphatic heterocycles. The van der Waals surface area contributed by atoms with E-state index < -0.39 is 20.9 Å². The third kappa shape index (κ3) is 3.16. The van der Waals surface area contributed by atoms with Crippen LogP contribution in [0.2, 0.25) is 0 Å². The largest absolute Gasteiger partial charge is 0.338 e. The highest BCUT2D eigenvalue weighted by molar-refractivity contribution is 8.14. The molecular formula is C16H19ClN4O3S2. The van der Waals surface area contributed by atoms with Crippen molar-refractivity contribution in [1.29, 1.82) is 0 Å². The second kappa shape index (κ2) is 6.61. The normalized spacial score (nSPS) is 24.9. The molecular weight excluding hydrogens is 396 g/mol. The van der Waals surface area contributed by atoms with E-state index in [-0.39, 0.29) is 5.91 Å². The Morgan fingerprint density at radius 2 is 2.15 bits per heavy atom. The summed E-state index contributed by atoms with van der Waals surface area (Å²) in [4.78, 5) is 19.3. The summed E-state index contributed by atoms with van der Waals surface area (Å²) in [5, 5.41) is -0.187. The highest BCUT2D eigenvalue weighted by atomic mass is 35.5. The molecule has 3 heterocycles. The van der Waals surface area contributed by atoms with Crippen molar-refractivity contribution in [1.82, 2.24) is 9.80 Å². The number of fused-ring (bicyclic) bond motifs is 2. The van der Waals surface area contributed by atoms with Crippen molar-refractivity contribution >= 4 is 50.1 Å². The van der Waals surface area contributed by atoms with Gasteiger partial charge in [-0.25, -0.2) is 13.4 Å². The molecule has 0 saturated carbocycles. The molecule has 0 radical (unpaired) electrons. The number of rotatable bonds is 3. The number of nitrogens with one attached hydrogen (secondary N) is 1. The zero-order chi connectivity index (χ0) is 18.5. The van der Waals surface area contributed by atoms with Crippen molar-refractivity contribution in [2.24, 2.45) is 4.99 Å². The fraction of sp³-hybridized carbons (Fsp3) is 0.500. The fourth-order valence-corrected chi connectivity index (χ4v) is 6.77. The number of nitrogens with zero attached hydrogens (tertiary/aromatic N) is 3. The van der Waals surface area contributed by atoms with Crippen LogP contribution in [0.5, 0.6) is 0 Å². The van der Waals surface area contributed by atoms with Crippen LogP contribution in [0, 0.1) is 0 Å². The smallest absolute Gasteiger partial charge is 0.257 e. The number of benzene rings is 1. The van der Waals surface area contributed by atoms with Gasteiger partial charge in [0.05, 0.1) is 0 Å². The molecule has 1 amide bonds. The van der Waals surface area contributed by atoms with Crippen molar-refractivity contribution in [2.75, 3.05) is 23.6 Å². The molecule has 10 heteroatoms. The Kier molecular flexibility index (Phi) is 4.56. The first-order valence-electron chi connectivity index (χ1n) is 8.35. The lowest BCUT2D eigenvalue weighted by molar-refractivity contribution is -0.129. The van der Waals surface area contributed by atoms with Crippen molar-refractivity contribution < 1.29 is 13.2 Å². The van der Waals surface area contributed by atoms with Crippen LogP contribution in [0.4, 0.5) is 5.69 Å². The predicted octanol–water partition coefficient (Wildman–Crippen LogP) is 1.64. The minimum atomic E-state index is -3.72. The summed E-state index contributed by atoms with van der Waals surface area (Å²) in [7, 11) is -3.72. The van der Waals surface area contributed by atoms with Gasteiger partial charge >= 0.3 is 0 Å². The standard InChI is InChI=1S/C16H19ClN4O3S2/c1-10(22)20-5-4-11-8-13(3-2-12(11)9-20)19-26(23,24)15-14(17)18-16-21(15)6-7-25-16/h2-3,8,14-15,19H,4-7,9H2,1H3. The number of amidine groups is 1. The molecule has 0 bridgehead atoms. The van der Waals surface area contributed by atoms with Gasteiger partial charge in [0.1, 0.15) is 0 Å². The summed E-state index contributed by atoms with van der Waals surface area (Å²) in [6.45, 7) is 3.40. The first-order chi connectivity index (χ1) is 12.3. The monoisotopic (exact) mass is 414 g/mol. The number of carbonyl (C=O) groups excluding carboxylic acids is 1. The van der Waals surface area contributed by atoms with Crippen LogP contribution in [0.25, 0.3) is 0 Å². The van der Waals surface area contributed by atoms with Gasteiger partial charge in [-0.3, -0.25) is 9.52 Å². The number of sulfonamides is 1. The fourth-order valence-electron chi connectivity index (χ4n) is 3.50. The highest BCUT2D eigenvalue weighted by Gasteiger charge is 2.46. The van der Waals surface area contributed by atoms with Gasteiger partial charge in [-0.2, -0.15) is 0 Å². The Morgan fingerprint density at radius 3 is 2.92 bits per heavy atom. The molecule has 1 aromatic rings. The van der Waals surface area contributed by atoms with Crippen LogP contribution >= 0.6 is 23.4 Å². The Hall–Kier alpha value is -1.45. The summed E-state index contributed by atoms with van der Waals surface area (Å²) < 4.78 is 28.5. The van der Waals surface area contributed by atoms with E-state index in [4.69, 9.17) is 11.6 Å². The van der Waals surface area contributed by atoms with Crippen molar-refractivity contribution in [2.45, 2.75) is 30.8 Å². The first-order valence-corrected chi connectivity index (χ1v) is 11.3. The van der Waals surface area contributed by atoms with Crippen LogP contribution < -0.4 is 4.72 Å². The van der Waals surface area contributed by atoms with Crippen LogP contribution in [-0.4, -0.2) is 59.0 Å². The zero-order valence-electron chi connectivity index (χ0n) is 14.2. The number of hydrogen-bond acceptors (Lipinski definition) is 6. The summed E-state index contributed by atoms with van der Waals surface area (Å²) >= 11 is 7.72. The summed E-state index contributed by atoms with van der Waals surface area (Å²) in [5.41, 5.74) is 1.82. The van der Waals surface area contributed by atoms with Gasteiger partial charge in [0.25, 0.3) is 10.0 Å². The Morgan fingerprint density at radius 1 is 1.35 bits per heavy atom. The van der Waals surface area contributed by atoms with Gasteiger partial charge in [-0.15, -0.1) is 0 Å². The number of aliphatic imine (C=N–C) groups is 1. The highest BCUT2D eigenvalue weighted by Crippen LogP contribution is 2.34. The van der Waals surface area contributed by atoms with Crippen LogP contribution in [0.3, 0.4) is 0 Å². The molecule has 26 heavy (non-hydrogen) atoms. The molecule has 3 aliphatic rings. The lowest BCUT2D eigenvalue weighted by atomic mass is 9.99. The minimum Gasteiger partial charge on any atom is -0.338 e. The molecule has 1 fully saturated rings. The first kappa shape index (κ1) is 17.9. The van der Waals surface area contributed by atoms with Crippen molar-refractivity contribution in [3.63, 3.8) is 0 Å². The third-order valence-electron chi connectivity index (χ3n) is 4.83. The van der Waals surface area contributed by atoms with Gasteiger partial charge in [0.15, 0.2) is 16.0 Å². The molecule has 2 atom stereocenters. The van der Waals surface area contributed by atoms with E-state index in [0.29, 0.717) is 36.9 Å². The van der Waals surface area contributed by atoms with Gasteiger partial charge in [0.2, 0.25) is 5.91 Å². The Labute approximate surface area is 161 Å². The maximum atomic E-state index is 12.9. The third-order valence-corrected chi connectivity index (χ3v) is 7.97. The molecule has 1 saturated heterocycles. The molecule has 1 N–H and O–H groups in total. The number of carbonyl (C=O) groups is 1. The lowest BCUT2D eigenvalue weighted by Gasteiger charge is -2.28. The molecule has 0 aliphatic carbocycles. The Balaban J connectivity index is 1.53. The summed E-state index contributed by atoms with van der Waals surface area (Å²) in [6, 6.07) is 5.46. The number of amides is 1. The van der Waals surface area contributed by atoms with Gasteiger partial charge < -0.3 is 9.80 Å². The second-order valence-electron chi connectivity index (χ2n) is 6.54. The van der Waals surface area contributed by atoms with Crippen molar-refractivity contribution in [3.05, 3.63) is 29.3 Å².